The Bertz CT molecular complexity index is 378. The number of hydrogen-bond acceptors (Lipinski definition) is 2. The maximum absolute atomic E-state index is 10.8. The van der Waals surface area contributed by atoms with Crippen molar-refractivity contribution >= 4 is 10.1 Å². The average molecular weight is 199 g/mol. The van der Waals surface area contributed by atoms with E-state index in [2.05, 4.69) is 6.92 Å². The lowest BCUT2D eigenvalue weighted by Crippen LogP contribution is -2.08. The molecule has 0 heterocycles. The first-order valence-corrected chi connectivity index (χ1v) is 5.30. The molecule has 1 unspecified atom stereocenters. The van der Waals surface area contributed by atoms with E-state index < -0.39 is 15.4 Å². The van der Waals surface area contributed by atoms with Gasteiger partial charge in [0.1, 0.15) is 5.25 Å². The highest BCUT2D eigenvalue weighted by atomic mass is 32.2. The Morgan fingerprint density at radius 2 is 1.77 bits per heavy atom. The SMILES string of the molecule is [CH2]c1ccc(C(C)S(=O)(=O)O)cc1. The fourth-order valence-corrected chi connectivity index (χ4v) is 1.46. The predicted octanol–water partition coefficient (Wildman–Crippen LogP) is 1.82. The van der Waals surface area contributed by atoms with Gasteiger partial charge in [0, 0.05) is 0 Å². The van der Waals surface area contributed by atoms with Crippen molar-refractivity contribution in [3.05, 3.63) is 42.3 Å². The zero-order valence-electron chi connectivity index (χ0n) is 7.27. The summed E-state index contributed by atoms with van der Waals surface area (Å²) in [5, 5.41) is -0.881. The monoisotopic (exact) mass is 199 g/mol. The Hall–Kier alpha value is -0.870. The van der Waals surface area contributed by atoms with Gasteiger partial charge in [0.25, 0.3) is 10.1 Å². The van der Waals surface area contributed by atoms with Gasteiger partial charge in [-0.15, -0.1) is 0 Å². The second-order valence-corrected chi connectivity index (χ2v) is 4.64. The molecule has 0 aromatic heterocycles. The minimum Gasteiger partial charge on any atom is -0.285 e. The highest BCUT2D eigenvalue weighted by molar-refractivity contribution is 7.86. The topological polar surface area (TPSA) is 54.4 Å². The van der Waals surface area contributed by atoms with Gasteiger partial charge >= 0.3 is 0 Å². The van der Waals surface area contributed by atoms with E-state index in [9.17, 15) is 8.42 Å². The second-order valence-electron chi connectivity index (χ2n) is 2.90. The minimum absolute atomic E-state index is 0.565. The highest BCUT2D eigenvalue weighted by Gasteiger charge is 2.18. The predicted molar refractivity (Wildman–Crippen MR) is 50.9 cm³/mol. The van der Waals surface area contributed by atoms with Gasteiger partial charge in [-0.2, -0.15) is 8.42 Å². The van der Waals surface area contributed by atoms with Crippen LogP contribution in [0.25, 0.3) is 0 Å². The molecule has 0 fully saturated rings. The first kappa shape index (κ1) is 10.2. The molecule has 1 rings (SSSR count). The molecule has 1 radical (unpaired) electrons. The van der Waals surface area contributed by atoms with E-state index in [4.69, 9.17) is 4.55 Å². The summed E-state index contributed by atoms with van der Waals surface area (Å²) in [6.45, 7) is 5.11. The molecule has 1 atom stereocenters. The van der Waals surface area contributed by atoms with Crippen molar-refractivity contribution in [2.75, 3.05) is 0 Å². The zero-order valence-corrected chi connectivity index (χ0v) is 8.08. The van der Waals surface area contributed by atoms with Crippen LogP contribution in [0.3, 0.4) is 0 Å². The molecule has 1 N–H and O–H groups in total. The lowest BCUT2D eigenvalue weighted by atomic mass is 10.1. The number of rotatable bonds is 2. The van der Waals surface area contributed by atoms with Crippen LogP contribution in [-0.2, 0) is 10.1 Å². The van der Waals surface area contributed by atoms with E-state index in [1.807, 2.05) is 0 Å². The molecule has 71 valence electrons. The fraction of sp³-hybridized carbons (Fsp3) is 0.222. The van der Waals surface area contributed by atoms with E-state index in [0.29, 0.717) is 5.56 Å². The lowest BCUT2D eigenvalue weighted by molar-refractivity contribution is 0.472. The molecule has 0 amide bonds. The smallest absolute Gasteiger partial charge is 0.271 e. The molecular weight excluding hydrogens is 188 g/mol. The van der Waals surface area contributed by atoms with Crippen molar-refractivity contribution in [2.24, 2.45) is 0 Å². The molecule has 1 aromatic carbocycles. The summed E-state index contributed by atoms with van der Waals surface area (Å²) in [7, 11) is -3.99. The Morgan fingerprint density at radius 1 is 1.31 bits per heavy atom. The Morgan fingerprint density at radius 3 is 2.15 bits per heavy atom. The summed E-state index contributed by atoms with van der Waals surface area (Å²) in [6.07, 6.45) is 0. The molecular formula is C9H11O3S. The van der Waals surface area contributed by atoms with Crippen LogP contribution >= 0.6 is 0 Å². The third-order valence-electron chi connectivity index (χ3n) is 1.90. The van der Waals surface area contributed by atoms with E-state index in [1.54, 1.807) is 24.3 Å². The van der Waals surface area contributed by atoms with Crippen LogP contribution in [0.4, 0.5) is 0 Å². The normalized spacial score (nSPS) is 14.1. The number of benzene rings is 1. The fourth-order valence-electron chi connectivity index (χ4n) is 0.961. The molecule has 0 aliphatic heterocycles. The molecule has 4 heteroatoms. The zero-order chi connectivity index (χ0) is 10.1. The van der Waals surface area contributed by atoms with Gasteiger partial charge in [0.15, 0.2) is 0 Å². The van der Waals surface area contributed by atoms with Gasteiger partial charge in [-0.25, -0.2) is 0 Å². The molecule has 0 spiro atoms. The molecule has 0 aliphatic rings. The van der Waals surface area contributed by atoms with Crippen LogP contribution in [0.15, 0.2) is 24.3 Å². The van der Waals surface area contributed by atoms with E-state index >= 15 is 0 Å². The van der Waals surface area contributed by atoms with E-state index in [0.717, 1.165) is 5.56 Å². The molecule has 1 aromatic rings. The van der Waals surface area contributed by atoms with Crippen molar-refractivity contribution < 1.29 is 13.0 Å². The maximum Gasteiger partial charge on any atom is 0.271 e. The van der Waals surface area contributed by atoms with Crippen LogP contribution in [0.1, 0.15) is 23.3 Å². The molecule has 0 aliphatic carbocycles. The third-order valence-corrected chi connectivity index (χ3v) is 3.06. The molecule has 3 nitrogen and oxygen atoms in total. The summed E-state index contributed by atoms with van der Waals surface area (Å²) in [5.74, 6) is 0. The average Bonchev–Trinajstić information content (AvgIpc) is 2.03. The van der Waals surface area contributed by atoms with Gasteiger partial charge in [-0.05, 0) is 25.0 Å². The van der Waals surface area contributed by atoms with Crippen LogP contribution in [0.5, 0.6) is 0 Å². The Balaban J connectivity index is 3.04. The summed E-state index contributed by atoms with van der Waals surface area (Å²) >= 11 is 0. The van der Waals surface area contributed by atoms with Crippen molar-refractivity contribution in [3.8, 4) is 0 Å². The second kappa shape index (κ2) is 3.47. The molecule has 0 saturated carbocycles. The highest BCUT2D eigenvalue weighted by Crippen LogP contribution is 2.20. The van der Waals surface area contributed by atoms with Gasteiger partial charge in [0.2, 0.25) is 0 Å². The summed E-state index contributed by atoms with van der Waals surface area (Å²) in [6, 6.07) is 6.69. The van der Waals surface area contributed by atoms with Gasteiger partial charge in [-0.1, -0.05) is 24.3 Å². The first-order chi connectivity index (χ1) is 5.91. The van der Waals surface area contributed by atoms with Crippen molar-refractivity contribution in [1.29, 1.82) is 0 Å². The van der Waals surface area contributed by atoms with Crippen LogP contribution in [-0.4, -0.2) is 13.0 Å². The first-order valence-electron chi connectivity index (χ1n) is 3.79. The summed E-state index contributed by atoms with van der Waals surface area (Å²) in [4.78, 5) is 0. The third kappa shape index (κ3) is 2.54. The minimum atomic E-state index is -3.99. The van der Waals surface area contributed by atoms with Crippen molar-refractivity contribution in [1.82, 2.24) is 0 Å². The molecule has 0 bridgehead atoms. The van der Waals surface area contributed by atoms with Gasteiger partial charge < -0.3 is 0 Å². The van der Waals surface area contributed by atoms with Crippen molar-refractivity contribution in [2.45, 2.75) is 12.2 Å². The van der Waals surface area contributed by atoms with Gasteiger partial charge in [-0.3, -0.25) is 4.55 Å². The quantitative estimate of drug-likeness (QED) is 0.739. The largest absolute Gasteiger partial charge is 0.285 e. The van der Waals surface area contributed by atoms with E-state index in [1.165, 1.54) is 6.92 Å². The molecule has 13 heavy (non-hydrogen) atoms. The standard InChI is InChI=1S/C9H11O3S/c1-7-3-5-9(6-4-7)8(2)13(10,11)12/h3-6,8H,1H2,2H3,(H,10,11,12). The van der Waals surface area contributed by atoms with E-state index in [-0.39, 0.29) is 0 Å². The van der Waals surface area contributed by atoms with Crippen LogP contribution < -0.4 is 0 Å². The number of hydrogen-bond donors (Lipinski definition) is 1. The Kier molecular flexibility index (Phi) is 2.73. The van der Waals surface area contributed by atoms with Crippen molar-refractivity contribution in [3.63, 3.8) is 0 Å². The Labute approximate surface area is 78.2 Å². The van der Waals surface area contributed by atoms with Gasteiger partial charge in [0.05, 0.1) is 0 Å². The maximum atomic E-state index is 10.8. The van der Waals surface area contributed by atoms with Crippen LogP contribution in [0.2, 0.25) is 0 Å². The summed E-state index contributed by atoms with van der Waals surface area (Å²) < 4.78 is 30.3. The molecule has 0 saturated heterocycles. The lowest BCUT2D eigenvalue weighted by Gasteiger charge is -2.07. The van der Waals surface area contributed by atoms with Crippen LogP contribution in [0, 0.1) is 6.92 Å². The summed E-state index contributed by atoms with van der Waals surface area (Å²) in [5.41, 5.74) is 1.38.